The van der Waals surface area contributed by atoms with Crippen LogP contribution < -0.4 is 16.8 Å². The van der Waals surface area contributed by atoms with Crippen LogP contribution in [-0.4, -0.2) is 124 Å². The zero-order chi connectivity index (χ0) is 56.6. The summed E-state index contributed by atoms with van der Waals surface area (Å²) in [5.74, 6) is 1.03. The number of carbonyl (C=O) groups excluding carboxylic acids is 7. The van der Waals surface area contributed by atoms with Gasteiger partial charge < -0.3 is 46.0 Å². The molecule has 1 aliphatic rings. The molecule has 15 heteroatoms. The van der Waals surface area contributed by atoms with Gasteiger partial charge in [0, 0.05) is 64.2 Å². The van der Waals surface area contributed by atoms with Crippen molar-refractivity contribution in [1.82, 2.24) is 15.1 Å². The predicted octanol–water partition coefficient (Wildman–Crippen LogP) is 9.69. The number of likely N-dealkylation sites (N-methyl/N-ethyl adjacent to an activating group) is 1. The van der Waals surface area contributed by atoms with Crippen LogP contribution in [0.1, 0.15) is 174 Å². The van der Waals surface area contributed by atoms with Crippen molar-refractivity contribution in [1.29, 1.82) is 0 Å². The first-order chi connectivity index (χ1) is 33.0. The van der Waals surface area contributed by atoms with E-state index < -0.39 is 5.97 Å². The van der Waals surface area contributed by atoms with E-state index in [-0.39, 0.29) is 53.9 Å². The quantitative estimate of drug-likeness (QED) is 0.0380. The van der Waals surface area contributed by atoms with Gasteiger partial charge in [0.05, 0.1) is 12.0 Å². The Morgan fingerprint density at radius 2 is 1.39 bits per heavy atom. The van der Waals surface area contributed by atoms with Crippen molar-refractivity contribution in [2.24, 2.45) is 47.0 Å². The van der Waals surface area contributed by atoms with Crippen molar-refractivity contribution in [2.75, 3.05) is 41.3 Å². The summed E-state index contributed by atoms with van der Waals surface area (Å²) in [5, 5.41) is 12.4. The largest absolute Gasteiger partial charge is 0.481 e. The zero-order valence-electron chi connectivity index (χ0n) is 48.0. The van der Waals surface area contributed by atoms with E-state index in [1.807, 2.05) is 60.5 Å². The minimum atomic E-state index is -0.670. The molecule has 0 aromatic rings. The average Bonchev–Trinajstić information content (AvgIpc) is 3.33. The Hall–Kier alpha value is -4.34. The van der Waals surface area contributed by atoms with Gasteiger partial charge >= 0.3 is 5.97 Å². The molecular weight excluding hydrogens is 891 g/mol. The number of ether oxygens (including phenoxy) is 1. The third-order valence-corrected chi connectivity index (χ3v) is 10.5. The highest BCUT2D eigenvalue weighted by molar-refractivity contribution is 5.90. The number of hydrogen-bond acceptors (Lipinski definition) is 11. The summed E-state index contributed by atoms with van der Waals surface area (Å²) in [6.07, 6.45) is 22.0. The highest BCUT2D eigenvalue weighted by Crippen LogP contribution is 2.26. The van der Waals surface area contributed by atoms with E-state index in [1.54, 1.807) is 26.0 Å². The number of amides is 3. The first-order valence-corrected chi connectivity index (χ1v) is 25.4. The summed E-state index contributed by atoms with van der Waals surface area (Å²) in [6.45, 7) is 34.0. The van der Waals surface area contributed by atoms with Crippen molar-refractivity contribution >= 4 is 49.3 Å². The standard InChI is InChI=1S/C18H30N2O4.C17H29NO2.C6H12O2.C5H12.C4H10.C2H6.CH3NO.CH5N.CH2O/c1-14(2)16(15(3)22)13-19-17(23)9-6-5-7-11-20(4)18(24)10-8-12-21;1-5-9-13(2)18(4)14(3)16(17(19)20)12-15-10-7-6-8-11-15;1-3-6(8-2)4-5-7;1-4-5(2)3;1-4(2)3;1-2;2-1-3;2*1-2/h8,10,12,14,16H,5-7,9,11,13H2,1-4H3,(H,19,23);6-8,10,13-16H,5,9,11-12H2,1-4H3,(H,19,20);5-6H,3-4H2,1-2H3;5H,4H2,1-3H3;4H,1-3H3;1-2H3;1H,(H2,2,3);2H2,1H3;1H2/b10-8-;;;;;;;;/t16-;;;;;;;;/m0......../s1. The molecule has 5 unspecified atom stereocenters. The Kier molecular flexibility index (Phi) is 73.9. The van der Waals surface area contributed by atoms with Gasteiger partial charge in [-0.3, -0.25) is 28.8 Å². The second-order valence-electron chi connectivity index (χ2n) is 17.7. The molecule has 0 fully saturated rings. The molecule has 0 radical (unpaired) electrons. The molecule has 0 saturated carbocycles. The number of Topliss-reactive ketones (excluding diaryl/α,β-unsaturated/α-hetero) is 1. The monoisotopic (exact) mass is 1000 g/mol. The van der Waals surface area contributed by atoms with Gasteiger partial charge in [-0.05, 0) is 103 Å². The number of ketones is 1. The van der Waals surface area contributed by atoms with Gasteiger partial charge in [-0.15, -0.1) is 0 Å². The molecule has 1 rings (SSSR count). The zero-order valence-corrected chi connectivity index (χ0v) is 48.0. The molecule has 6 atom stereocenters. The van der Waals surface area contributed by atoms with E-state index in [0.29, 0.717) is 44.2 Å². The first kappa shape index (κ1) is 82.6. The number of hydrogen-bond donors (Lipinski definition) is 4. The maximum absolute atomic E-state index is 11.8. The lowest BCUT2D eigenvalue weighted by Gasteiger charge is -2.35. The molecule has 0 heterocycles. The second kappa shape index (κ2) is 62.7. The van der Waals surface area contributed by atoms with Gasteiger partial charge in [0.15, 0.2) is 0 Å². The molecule has 3 amide bonds. The third-order valence-electron chi connectivity index (χ3n) is 10.5. The number of carbonyl (C=O) groups is 8. The number of aldehydes is 2. The highest BCUT2D eigenvalue weighted by Gasteiger charge is 2.31. The molecule has 0 spiro atoms. The maximum atomic E-state index is 11.8. The van der Waals surface area contributed by atoms with Crippen LogP contribution in [0.4, 0.5) is 0 Å². The lowest BCUT2D eigenvalue weighted by Crippen LogP contribution is -2.44. The second-order valence-corrected chi connectivity index (χ2v) is 17.7. The molecule has 0 aromatic heterocycles. The van der Waals surface area contributed by atoms with Gasteiger partial charge in [-0.25, -0.2) is 0 Å². The highest BCUT2D eigenvalue weighted by atomic mass is 16.5. The van der Waals surface area contributed by atoms with Crippen LogP contribution in [0.3, 0.4) is 0 Å². The fourth-order valence-electron chi connectivity index (χ4n) is 5.81. The molecule has 0 aromatic carbocycles. The Morgan fingerprint density at radius 1 is 0.871 bits per heavy atom. The van der Waals surface area contributed by atoms with E-state index >= 15 is 0 Å². The van der Waals surface area contributed by atoms with Crippen LogP contribution in [0.25, 0.3) is 0 Å². The summed E-state index contributed by atoms with van der Waals surface area (Å²) in [6, 6.07) is 0.493. The third kappa shape index (κ3) is 59.8. The fraction of sp³-hybridized carbons (Fsp3) is 0.745. The molecule has 0 bridgehead atoms. The Morgan fingerprint density at radius 3 is 1.73 bits per heavy atom. The smallest absolute Gasteiger partial charge is 0.308 e. The van der Waals surface area contributed by atoms with Gasteiger partial charge in [0.1, 0.15) is 25.1 Å². The molecule has 70 heavy (non-hydrogen) atoms. The van der Waals surface area contributed by atoms with Gasteiger partial charge in [0.25, 0.3) is 0 Å². The van der Waals surface area contributed by atoms with Crippen molar-refractivity contribution in [3.63, 3.8) is 0 Å². The lowest BCUT2D eigenvalue weighted by molar-refractivity contribution is -0.145. The van der Waals surface area contributed by atoms with Crippen LogP contribution in [-0.2, 0) is 43.1 Å². The molecular formula is C55H109N5O10. The number of carboxylic acids is 1. The first-order valence-electron chi connectivity index (χ1n) is 25.4. The van der Waals surface area contributed by atoms with Crippen LogP contribution in [0.5, 0.6) is 0 Å². The van der Waals surface area contributed by atoms with E-state index in [9.17, 15) is 33.9 Å². The minimum Gasteiger partial charge on any atom is -0.481 e. The molecule has 15 nitrogen and oxygen atoms in total. The SMILES string of the molecule is C=O.CC.CC(=O)[C@@H](CNC(=O)CCCCCN(C)C(=O)/C=C\C=O)C(C)C.CC(C)C.CCC(C)C.CCC(CC=O)OC.CCCC(C)N(C)C(C)C(CC1C=CC=CC1)C(=O)O.CN.NC=O. The van der Waals surface area contributed by atoms with Crippen molar-refractivity contribution in [3.05, 3.63) is 36.5 Å². The minimum absolute atomic E-state index is 0.0414. The average molecular weight is 1000 g/mol. The molecule has 0 aliphatic heterocycles. The van der Waals surface area contributed by atoms with Crippen molar-refractivity contribution < 1.29 is 48.2 Å². The number of primary amides is 1. The van der Waals surface area contributed by atoms with E-state index in [0.717, 1.165) is 69.5 Å². The number of unbranched alkanes of at least 4 members (excludes halogenated alkanes) is 2. The van der Waals surface area contributed by atoms with Crippen LogP contribution >= 0.6 is 0 Å². The summed E-state index contributed by atoms with van der Waals surface area (Å²) in [5.41, 5.74) is 8.67. The summed E-state index contributed by atoms with van der Waals surface area (Å²) in [7, 11) is 6.85. The number of methoxy groups -OCH3 is 1. The maximum Gasteiger partial charge on any atom is 0.308 e. The number of nitrogens with zero attached hydrogens (tertiary/aromatic N) is 2. The number of rotatable bonds is 25. The summed E-state index contributed by atoms with van der Waals surface area (Å²) >= 11 is 0. The Bertz CT molecular complexity index is 1300. The number of nitrogens with two attached hydrogens (primary N) is 2. The number of allylic oxidation sites excluding steroid dienone is 5. The van der Waals surface area contributed by atoms with Gasteiger partial charge in [0.2, 0.25) is 18.2 Å². The number of carboxylic acid groups (broad SMARTS) is 1. The van der Waals surface area contributed by atoms with Crippen LogP contribution in [0.15, 0.2) is 36.5 Å². The molecule has 1 aliphatic carbocycles. The summed E-state index contributed by atoms with van der Waals surface area (Å²) in [4.78, 5) is 86.8. The fourth-order valence-corrected chi connectivity index (χ4v) is 5.81. The molecule has 414 valence electrons. The topological polar surface area (TPSA) is 237 Å². The lowest BCUT2D eigenvalue weighted by atomic mass is 9.85. The molecule has 0 saturated heterocycles. The van der Waals surface area contributed by atoms with E-state index in [1.165, 1.54) is 25.6 Å². The predicted molar refractivity (Wildman–Crippen MR) is 293 cm³/mol. The number of nitrogens with one attached hydrogen (secondary N) is 1. The Balaban J connectivity index is -0.000000123. The van der Waals surface area contributed by atoms with Crippen LogP contribution in [0, 0.1) is 35.5 Å². The Labute approximate surface area is 428 Å². The van der Waals surface area contributed by atoms with Crippen molar-refractivity contribution in [3.8, 4) is 0 Å². The summed E-state index contributed by atoms with van der Waals surface area (Å²) < 4.78 is 4.91. The van der Waals surface area contributed by atoms with Crippen LogP contribution in [0.2, 0.25) is 0 Å². The normalized spacial score (nSPS) is 13.8. The van der Waals surface area contributed by atoms with E-state index in [4.69, 9.17) is 14.3 Å². The van der Waals surface area contributed by atoms with Crippen molar-refractivity contribution in [2.45, 2.75) is 193 Å². The molecule has 6 N–H and O–H groups in total. The van der Waals surface area contributed by atoms with E-state index in [2.05, 4.69) is 96.3 Å². The van der Waals surface area contributed by atoms with Gasteiger partial charge in [-0.2, -0.15) is 0 Å². The van der Waals surface area contributed by atoms with Gasteiger partial charge in [-0.1, -0.05) is 127 Å². The number of aliphatic carboxylic acids is 1.